The number of primary amides is 1. The molecule has 3 N–H and O–H groups in total. The number of hydrogen-bond donors (Lipinski definition) is 2. The van der Waals surface area contributed by atoms with Gasteiger partial charge >= 0.3 is 6.03 Å². The van der Waals surface area contributed by atoms with E-state index in [0.717, 1.165) is 34.6 Å². The third-order valence-electron chi connectivity index (χ3n) is 3.57. The first kappa shape index (κ1) is 14.0. The lowest BCUT2D eigenvalue weighted by molar-refractivity contribution is -0.121. The molecule has 1 aromatic carbocycles. The van der Waals surface area contributed by atoms with Gasteiger partial charge in [0.1, 0.15) is 5.01 Å². The van der Waals surface area contributed by atoms with Crippen LogP contribution in [0, 0.1) is 0 Å². The normalized spacial score (nSPS) is 19.0. The summed E-state index contributed by atoms with van der Waals surface area (Å²) >= 11 is 1.66. The van der Waals surface area contributed by atoms with Crippen LogP contribution in [0.3, 0.4) is 0 Å². The van der Waals surface area contributed by atoms with Gasteiger partial charge in [0.05, 0.1) is 22.8 Å². The average molecular weight is 304 g/mol. The molecule has 110 valence electrons. The van der Waals surface area contributed by atoms with E-state index in [9.17, 15) is 9.59 Å². The zero-order valence-electron chi connectivity index (χ0n) is 11.4. The summed E-state index contributed by atoms with van der Waals surface area (Å²) < 4.78 is 1.15. The van der Waals surface area contributed by atoms with Gasteiger partial charge < -0.3 is 5.73 Å². The van der Waals surface area contributed by atoms with Gasteiger partial charge in [-0.15, -0.1) is 11.3 Å². The number of imide groups is 1. The Kier molecular flexibility index (Phi) is 3.85. The number of carbonyl (C=O) groups is 2. The highest BCUT2D eigenvalue weighted by Crippen LogP contribution is 2.35. The number of thiazole rings is 1. The van der Waals surface area contributed by atoms with Gasteiger partial charge in [-0.25, -0.2) is 9.78 Å². The number of rotatable bonds is 3. The number of nitrogens with two attached hydrogens (primary N) is 1. The van der Waals surface area contributed by atoms with Gasteiger partial charge in [0.2, 0.25) is 5.91 Å². The molecule has 1 atom stereocenters. The molecule has 2 heterocycles. The summed E-state index contributed by atoms with van der Waals surface area (Å²) in [6.45, 7) is 0.996. The zero-order chi connectivity index (χ0) is 14.8. The zero-order valence-corrected chi connectivity index (χ0v) is 12.2. The van der Waals surface area contributed by atoms with Crippen molar-refractivity contribution < 1.29 is 9.59 Å². The molecule has 7 heteroatoms. The SMILES string of the molecule is NC(=O)NC(=O)CN1CCCC1c1nc2ccccc2s1. The van der Waals surface area contributed by atoms with E-state index in [4.69, 9.17) is 5.73 Å². The number of amides is 3. The first-order valence-electron chi connectivity index (χ1n) is 6.82. The number of hydrogen-bond acceptors (Lipinski definition) is 5. The van der Waals surface area contributed by atoms with Crippen LogP contribution in [0.1, 0.15) is 23.9 Å². The number of benzene rings is 1. The number of para-hydroxylation sites is 1. The van der Waals surface area contributed by atoms with E-state index in [0.29, 0.717) is 0 Å². The van der Waals surface area contributed by atoms with Crippen LogP contribution in [-0.4, -0.2) is 34.9 Å². The van der Waals surface area contributed by atoms with Gasteiger partial charge in [-0.05, 0) is 31.5 Å². The highest BCUT2D eigenvalue weighted by atomic mass is 32.1. The fraction of sp³-hybridized carbons (Fsp3) is 0.357. The molecule has 1 aromatic heterocycles. The van der Waals surface area contributed by atoms with E-state index in [1.807, 2.05) is 18.2 Å². The van der Waals surface area contributed by atoms with E-state index in [-0.39, 0.29) is 18.5 Å². The number of carbonyl (C=O) groups excluding carboxylic acids is 2. The van der Waals surface area contributed by atoms with Crippen LogP contribution in [0.5, 0.6) is 0 Å². The number of nitrogens with one attached hydrogen (secondary N) is 1. The van der Waals surface area contributed by atoms with Crippen molar-refractivity contribution in [1.29, 1.82) is 0 Å². The van der Waals surface area contributed by atoms with Gasteiger partial charge in [-0.2, -0.15) is 0 Å². The number of aromatic nitrogens is 1. The molecule has 1 saturated heterocycles. The largest absolute Gasteiger partial charge is 0.351 e. The molecule has 0 aliphatic carbocycles. The van der Waals surface area contributed by atoms with Crippen molar-refractivity contribution in [2.24, 2.45) is 5.73 Å². The van der Waals surface area contributed by atoms with Crippen LogP contribution < -0.4 is 11.1 Å². The molecule has 3 rings (SSSR count). The van der Waals surface area contributed by atoms with Crippen molar-refractivity contribution in [2.45, 2.75) is 18.9 Å². The minimum absolute atomic E-state index is 0.140. The van der Waals surface area contributed by atoms with Gasteiger partial charge in [0.25, 0.3) is 0 Å². The predicted molar refractivity (Wildman–Crippen MR) is 80.9 cm³/mol. The number of fused-ring (bicyclic) bond motifs is 1. The molecule has 1 aliphatic rings. The first-order valence-corrected chi connectivity index (χ1v) is 7.64. The van der Waals surface area contributed by atoms with E-state index in [1.54, 1.807) is 11.3 Å². The van der Waals surface area contributed by atoms with Crippen molar-refractivity contribution in [3.8, 4) is 0 Å². The minimum Gasteiger partial charge on any atom is -0.351 e. The highest BCUT2D eigenvalue weighted by molar-refractivity contribution is 7.18. The molecule has 6 nitrogen and oxygen atoms in total. The lowest BCUT2D eigenvalue weighted by atomic mass is 10.2. The lowest BCUT2D eigenvalue weighted by Crippen LogP contribution is -2.42. The fourth-order valence-electron chi connectivity index (χ4n) is 2.69. The summed E-state index contributed by atoms with van der Waals surface area (Å²) in [6.07, 6.45) is 1.99. The Hall–Kier alpha value is -1.99. The van der Waals surface area contributed by atoms with Crippen LogP contribution >= 0.6 is 11.3 Å². The van der Waals surface area contributed by atoms with Crippen molar-refractivity contribution in [2.75, 3.05) is 13.1 Å². The smallest absolute Gasteiger partial charge is 0.318 e. The van der Waals surface area contributed by atoms with Crippen LogP contribution in [0.2, 0.25) is 0 Å². The molecule has 21 heavy (non-hydrogen) atoms. The molecule has 1 unspecified atom stereocenters. The molecule has 0 saturated carbocycles. The summed E-state index contributed by atoms with van der Waals surface area (Å²) in [5, 5.41) is 3.14. The summed E-state index contributed by atoms with van der Waals surface area (Å²) in [5.74, 6) is -0.365. The standard InChI is InChI=1S/C14H16N4O2S/c15-14(20)17-12(19)8-18-7-3-5-10(18)13-16-9-4-1-2-6-11(9)21-13/h1-2,4,6,10H,3,5,7-8H2,(H3,15,17,19,20). The molecule has 3 amide bonds. The fourth-order valence-corrected chi connectivity index (χ4v) is 3.83. The van der Waals surface area contributed by atoms with Crippen LogP contribution in [0.15, 0.2) is 24.3 Å². The Bertz CT molecular complexity index is 651. The predicted octanol–water partition coefficient (Wildman–Crippen LogP) is 1.63. The van der Waals surface area contributed by atoms with Gasteiger partial charge in [-0.1, -0.05) is 12.1 Å². The molecule has 1 aliphatic heterocycles. The van der Waals surface area contributed by atoms with Crippen LogP contribution in [0.4, 0.5) is 4.79 Å². The third kappa shape index (κ3) is 3.03. The van der Waals surface area contributed by atoms with Crippen molar-refractivity contribution in [3.63, 3.8) is 0 Å². The van der Waals surface area contributed by atoms with Crippen molar-refractivity contribution in [1.82, 2.24) is 15.2 Å². The monoisotopic (exact) mass is 304 g/mol. The quantitative estimate of drug-likeness (QED) is 0.902. The summed E-state index contributed by atoms with van der Waals surface area (Å²) in [5.41, 5.74) is 5.96. The van der Waals surface area contributed by atoms with E-state index >= 15 is 0 Å². The Morgan fingerprint density at radius 1 is 1.43 bits per heavy atom. The molecule has 0 spiro atoms. The minimum atomic E-state index is -0.810. The summed E-state index contributed by atoms with van der Waals surface area (Å²) in [4.78, 5) is 29.1. The molecule has 2 aromatic rings. The van der Waals surface area contributed by atoms with Gasteiger partial charge in [-0.3, -0.25) is 15.0 Å². The molecule has 0 radical (unpaired) electrons. The Morgan fingerprint density at radius 3 is 3.00 bits per heavy atom. The van der Waals surface area contributed by atoms with Gasteiger partial charge in [0.15, 0.2) is 0 Å². The Labute approximate surface area is 125 Å². The topological polar surface area (TPSA) is 88.3 Å². The third-order valence-corrected chi connectivity index (χ3v) is 4.71. The van der Waals surface area contributed by atoms with Crippen molar-refractivity contribution in [3.05, 3.63) is 29.3 Å². The Balaban J connectivity index is 1.77. The summed E-state index contributed by atoms with van der Waals surface area (Å²) in [6, 6.07) is 7.34. The van der Waals surface area contributed by atoms with E-state index in [1.165, 1.54) is 0 Å². The molecule has 1 fully saturated rings. The average Bonchev–Trinajstić information content (AvgIpc) is 3.02. The second-order valence-electron chi connectivity index (χ2n) is 5.06. The van der Waals surface area contributed by atoms with Crippen LogP contribution in [-0.2, 0) is 4.79 Å². The van der Waals surface area contributed by atoms with Gasteiger partial charge in [0, 0.05) is 0 Å². The first-order chi connectivity index (χ1) is 10.1. The van der Waals surface area contributed by atoms with Crippen molar-refractivity contribution >= 4 is 33.5 Å². The maximum atomic E-state index is 11.7. The molecular weight excluding hydrogens is 288 g/mol. The lowest BCUT2D eigenvalue weighted by Gasteiger charge is -2.21. The maximum Gasteiger partial charge on any atom is 0.318 e. The highest BCUT2D eigenvalue weighted by Gasteiger charge is 2.30. The molecular formula is C14H16N4O2S. The number of nitrogens with zero attached hydrogens (tertiary/aromatic N) is 2. The second kappa shape index (κ2) is 5.79. The Morgan fingerprint density at radius 2 is 2.24 bits per heavy atom. The second-order valence-corrected chi connectivity index (χ2v) is 6.12. The van der Waals surface area contributed by atoms with Crippen LogP contribution in [0.25, 0.3) is 10.2 Å². The number of urea groups is 1. The summed E-state index contributed by atoms with van der Waals surface area (Å²) in [7, 11) is 0. The van der Waals surface area contributed by atoms with E-state index in [2.05, 4.69) is 21.3 Å². The number of likely N-dealkylation sites (tertiary alicyclic amines) is 1. The van der Waals surface area contributed by atoms with E-state index < -0.39 is 6.03 Å². The molecule has 0 bridgehead atoms. The maximum absolute atomic E-state index is 11.7.